The Balaban J connectivity index is 2.19. The smallest absolute Gasteiger partial charge is 0.276 e. The number of hydrogen-bond acceptors (Lipinski definition) is 4. The summed E-state index contributed by atoms with van der Waals surface area (Å²) in [5.41, 5.74) is 7.58. The van der Waals surface area contributed by atoms with Gasteiger partial charge in [0.2, 0.25) is 0 Å². The Hall–Kier alpha value is -2.40. The molecule has 0 aliphatic rings. The van der Waals surface area contributed by atoms with Gasteiger partial charge in [0.05, 0.1) is 10.5 Å². The number of nitrogens with two attached hydrogens (primary N) is 1. The van der Waals surface area contributed by atoms with E-state index in [-0.39, 0.29) is 18.3 Å². The summed E-state index contributed by atoms with van der Waals surface area (Å²) < 4.78 is 5.75. The van der Waals surface area contributed by atoms with Gasteiger partial charge >= 0.3 is 0 Å². The van der Waals surface area contributed by atoms with Gasteiger partial charge in [-0.2, -0.15) is 0 Å². The van der Waals surface area contributed by atoms with Crippen LogP contribution in [0.4, 0.5) is 5.69 Å². The third-order valence-electron chi connectivity index (χ3n) is 3.33. The zero-order chi connectivity index (χ0) is 15.2. The van der Waals surface area contributed by atoms with Crippen LogP contribution in [-0.2, 0) is 6.61 Å². The summed E-state index contributed by atoms with van der Waals surface area (Å²) in [6.45, 7) is 2.15. The van der Waals surface area contributed by atoms with E-state index in [9.17, 15) is 10.1 Å². The van der Waals surface area contributed by atoms with Crippen LogP contribution in [0.5, 0.6) is 5.75 Å². The molecule has 0 radical (unpaired) electrons. The van der Waals surface area contributed by atoms with Gasteiger partial charge in [-0.25, -0.2) is 0 Å². The summed E-state index contributed by atoms with van der Waals surface area (Å²) in [6, 6.07) is 14.0. The summed E-state index contributed by atoms with van der Waals surface area (Å²) in [5.74, 6) is 0.671. The van der Waals surface area contributed by atoms with E-state index in [1.54, 1.807) is 18.2 Å². The van der Waals surface area contributed by atoms with Crippen molar-refractivity contribution >= 4 is 5.69 Å². The van der Waals surface area contributed by atoms with Gasteiger partial charge in [0.1, 0.15) is 12.4 Å². The SMILES string of the molecule is CC[C@@H](N)c1ccccc1OCc1ccccc1[N+](=O)[O-]. The molecule has 5 nitrogen and oxygen atoms in total. The van der Waals surface area contributed by atoms with Crippen molar-refractivity contribution in [2.45, 2.75) is 26.0 Å². The van der Waals surface area contributed by atoms with Crippen LogP contribution in [0.15, 0.2) is 48.5 Å². The fourth-order valence-electron chi connectivity index (χ4n) is 2.10. The molecule has 0 aliphatic carbocycles. The average molecular weight is 286 g/mol. The molecule has 2 rings (SSSR count). The monoisotopic (exact) mass is 286 g/mol. The molecule has 2 aromatic carbocycles. The first-order valence-corrected chi connectivity index (χ1v) is 6.83. The lowest BCUT2D eigenvalue weighted by Crippen LogP contribution is -2.11. The van der Waals surface area contributed by atoms with E-state index < -0.39 is 4.92 Å². The topological polar surface area (TPSA) is 78.4 Å². The van der Waals surface area contributed by atoms with Gasteiger partial charge < -0.3 is 10.5 Å². The van der Waals surface area contributed by atoms with Gasteiger partial charge in [-0.3, -0.25) is 10.1 Å². The van der Waals surface area contributed by atoms with E-state index in [0.717, 1.165) is 12.0 Å². The zero-order valence-corrected chi connectivity index (χ0v) is 11.9. The first-order valence-electron chi connectivity index (χ1n) is 6.83. The second-order valence-corrected chi connectivity index (χ2v) is 4.73. The van der Waals surface area contributed by atoms with Gasteiger partial charge in [-0.1, -0.05) is 37.3 Å². The Kier molecular flexibility index (Phi) is 4.90. The molecule has 0 aromatic heterocycles. The molecule has 0 saturated heterocycles. The van der Waals surface area contributed by atoms with E-state index in [1.807, 2.05) is 31.2 Å². The lowest BCUT2D eigenvalue weighted by atomic mass is 10.0. The van der Waals surface area contributed by atoms with Gasteiger partial charge in [0.25, 0.3) is 5.69 Å². The number of ether oxygens (including phenoxy) is 1. The Bertz CT molecular complexity index is 628. The van der Waals surface area contributed by atoms with Crippen LogP contribution in [-0.4, -0.2) is 4.92 Å². The summed E-state index contributed by atoms with van der Waals surface area (Å²) >= 11 is 0. The normalized spacial score (nSPS) is 11.9. The summed E-state index contributed by atoms with van der Waals surface area (Å²) in [5, 5.41) is 11.0. The molecule has 0 amide bonds. The zero-order valence-electron chi connectivity index (χ0n) is 11.9. The molecule has 0 saturated carbocycles. The van der Waals surface area contributed by atoms with Crippen LogP contribution in [0.2, 0.25) is 0 Å². The van der Waals surface area contributed by atoms with E-state index in [0.29, 0.717) is 11.3 Å². The number of nitrogens with zero attached hydrogens (tertiary/aromatic N) is 1. The van der Waals surface area contributed by atoms with Crippen molar-refractivity contribution in [2.24, 2.45) is 5.73 Å². The molecule has 0 spiro atoms. The third-order valence-corrected chi connectivity index (χ3v) is 3.33. The Morgan fingerprint density at radius 1 is 1.19 bits per heavy atom. The molecule has 1 atom stereocenters. The second-order valence-electron chi connectivity index (χ2n) is 4.73. The van der Waals surface area contributed by atoms with Crippen molar-refractivity contribution < 1.29 is 9.66 Å². The minimum Gasteiger partial charge on any atom is -0.488 e. The van der Waals surface area contributed by atoms with Crippen molar-refractivity contribution in [3.63, 3.8) is 0 Å². The van der Waals surface area contributed by atoms with Gasteiger partial charge in [-0.05, 0) is 18.6 Å². The molecule has 0 unspecified atom stereocenters. The van der Waals surface area contributed by atoms with Crippen LogP contribution < -0.4 is 10.5 Å². The highest BCUT2D eigenvalue weighted by Crippen LogP contribution is 2.27. The first kappa shape index (κ1) is 15.0. The van der Waals surface area contributed by atoms with Crippen LogP contribution in [0.25, 0.3) is 0 Å². The number of benzene rings is 2. The highest BCUT2D eigenvalue weighted by molar-refractivity contribution is 5.40. The summed E-state index contributed by atoms with van der Waals surface area (Å²) in [7, 11) is 0. The predicted octanol–water partition coefficient (Wildman–Crippen LogP) is 3.58. The molecule has 110 valence electrons. The van der Waals surface area contributed by atoms with Crippen LogP contribution >= 0.6 is 0 Å². The van der Waals surface area contributed by atoms with E-state index in [2.05, 4.69) is 0 Å². The molecular formula is C16H18N2O3. The molecule has 5 heteroatoms. The molecule has 0 heterocycles. The Morgan fingerprint density at radius 3 is 2.57 bits per heavy atom. The Labute approximate surface area is 123 Å². The fraction of sp³-hybridized carbons (Fsp3) is 0.250. The summed E-state index contributed by atoms with van der Waals surface area (Å²) in [4.78, 5) is 10.6. The van der Waals surface area contributed by atoms with E-state index in [1.165, 1.54) is 6.07 Å². The number of para-hydroxylation sites is 2. The number of nitro benzene ring substituents is 1. The molecule has 0 aliphatic heterocycles. The predicted molar refractivity (Wildman–Crippen MR) is 81.1 cm³/mol. The van der Waals surface area contributed by atoms with Crippen LogP contribution in [0.3, 0.4) is 0 Å². The second kappa shape index (κ2) is 6.85. The molecular weight excluding hydrogens is 268 g/mol. The molecule has 2 N–H and O–H groups in total. The molecule has 0 bridgehead atoms. The van der Waals surface area contributed by atoms with Crippen molar-refractivity contribution in [2.75, 3.05) is 0 Å². The maximum Gasteiger partial charge on any atom is 0.276 e. The van der Waals surface area contributed by atoms with E-state index >= 15 is 0 Å². The number of nitro groups is 1. The van der Waals surface area contributed by atoms with Crippen molar-refractivity contribution in [3.8, 4) is 5.75 Å². The largest absolute Gasteiger partial charge is 0.488 e. The van der Waals surface area contributed by atoms with Crippen molar-refractivity contribution in [3.05, 3.63) is 69.8 Å². The van der Waals surface area contributed by atoms with E-state index in [4.69, 9.17) is 10.5 Å². The standard InChI is InChI=1S/C16H18N2O3/c1-2-14(17)13-8-4-6-10-16(13)21-11-12-7-3-5-9-15(12)18(19)20/h3-10,14H,2,11,17H2,1H3/t14-/m1/s1. The lowest BCUT2D eigenvalue weighted by molar-refractivity contribution is -0.385. The van der Waals surface area contributed by atoms with Gasteiger partial charge in [-0.15, -0.1) is 0 Å². The number of hydrogen-bond donors (Lipinski definition) is 1. The summed E-state index contributed by atoms with van der Waals surface area (Å²) in [6.07, 6.45) is 0.797. The first-order chi connectivity index (χ1) is 10.1. The van der Waals surface area contributed by atoms with Gasteiger partial charge in [0, 0.05) is 17.7 Å². The lowest BCUT2D eigenvalue weighted by Gasteiger charge is -2.15. The number of rotatable bonds is 6. The van der Waals surface area contributed by atoms with Crippen molar-refractivity contribution in [1.82, 2.24) is 0 Å². The highest BCUT2D eigenvalue weighted by atomic mass is 16.6. The minimum absolute atomic E-state index is 0.0646. The molecule has 0 fully saturated rings. The Morgan fingerprint density at radius 2 is 1.86 bits per heavy atom. The quantitative estimate of drug-likeness (QED) is 0.650. The fourth-order valence-corrected chi connectivity index (χ4v) is 2.10. The highest BCUT2D eigenvalue weighted by Gasteiger charge is 2.14. The average Bonchev–Trinajstić information content (AvgIpc) is 2.52. The molecule has 21 heavy (non-hydrogen) atoms. The third kappa shape index (κ3) is 3.58. The maximum absolute atomic E-state index is 11.0. The van der Waals surface area contributed by atoms with Crippen LogP contribution in [0, 0.1) is 10.1 Å². The van der Waals surface area contributed by atoms with Crippen molar-refractivity contribution in [1.29, 1.82) is 0 Å². The minimum atomic E-state index is -0.400. The van der Waals surface area contributed by atoms with Crippen LogP contribution in [0.1, 0.15) is 30.5 Å². The maximum atomic E-state index is 11.0. The van der Waals surface area contributed by atoms with Gasteiger partial charge in [0.15, 0.2) is 0 Å². The molecule has 2 aromatic rings.